The van der Waals surface area contributed by atoms with E-state index >= 15 is 0 Å². The lowest BCUT2D eigenvalue weighted by atomic mass is 9.96. The molecule has 0 spiro atoms. The summed E-state index contributed by atoms with van der Waals surface area (Å²) in [6, 6.07) is 7.95. The second kappa shape index (κ2) is 6.02. The summed E-state index contributed by atoms with van der Waals surface area (Å²) in [7, 11) is 0. The minimum absolute atomic E-state index is 0.0450. The molecule has 2 aliphatic rings. The van der Waals surface area contributed by atoms with Crippen LogP contribution < -0.4 is 5.32 Å². The van der Waals surface area contributed by atoms with Crippen LogP contribution in [0.2, 0.25) is 0 Å². The van der Waals surface area contributed by atoms with Gasteiger partial charge in [-0.15, -0.1) is 0 Å². The van der Waals surface area contributed by atoms with Crippen LogP contribution in [0.3, 0.4) is 0 Å². The molecular weight excluding hydrogens is 294 g/mol. The first-order valence-electron chi connectivity index (χ1n) is 7.94. The van der Waals surface area contributed by atoms with Gasteiger partial charge in [-0.1, -0.05) is 32.0 Å². The van der Waals surface area contributed by atoms with Crippen molar-refractivity contribution in [3.05, 3.63) is 35.9 Å². The summed E-state index contributed by atoms with van der Waals surface area (Å²) in [6.07, 6.45) is 0. The minimum Gasteiger partial charge on any atom is -0.342 e. The Kier molecular flexibility index (Phi) is 4.07. The van der Waals surface area contributed by atoms with Gasteiger partial charge in [-0.25, -0.2) is 0 Å². The van der Waals surface area contributed by atoms with E-state index in [2.05, 4.69) is 5.32 Å². The molecule has 0 aliphatic carbocycles. The molecule has 3 rings (SSSR count). The first-order chi connectivity index (χ1) is 11.0. The highest BCUT2D eigenvalue weighted by Crippen LogP contribution is 2.20. The van der Waals surface area contributed by atoms with Crippen molar-refractivity contribution in [1.29, 1.82) is 0 Å². The molecule has 2 fully saturated rings. The molecule has 0 aromatic heterocycles. The van der Waals surface area contributed by atoms with Gasteiger partial charge >= 0.3 is 0 Å². The summed E-state index contributed by atoms with van der Waals surface area (Å²) in [6.45, 7) is 4.93. The van der Waals surface area contributed by atoms with E-state index in [1.807, 2.05) is 32.0 Å². The fourth-order valence-corrected chi connectivity index (χ4v) is 3.16. The van der Waals surface area contributed by atoms with Crippen molar-refractivity contribution in [3.8, 4) is 0 Å². The van der Waals surface area contributed by atoms with Gasteiger partial charge in [-0.2, -0.15) is 0 Å². The number of nitrogens with one attached hydrogen (secondary N) is 1. The lowest BCUT2D eigenvalue weighted by Gasteiger charge is -2.46. The molecule has 2 heterocycles. The molecule has 0 saturated carbocycles. The average molecular weight is 315 g/mol. The highest BCUT2D eigenvalue weighted by molar-refractivity contribution is 5.99. The van der Waals surface area contributed by atoms with Gasteiger partial charge in [0, 0.05) is 18.7 Å². The summed E-state index contributed by atoms with van der Waals surface area (Å²) in [5.41, 5.74) is 0.601. The van der Waals surface area contributed by atoms with Crippen LogP contribution in [0.15, 0.2) is 30.3 Å². The third-order valence-corrected chi connectivity index (χ3v) is 4.50. The van der Waals surface area contributed by atoms with Crippen LogP contribution in [0.1, 0.15) is 24.2 Å². The van der Waals surface area contributed by atoms with Gasteiger partial charge in [0.2, 0.25) is 11.8 Å². The zero-order valence-corrected chi connectivity index (χ0v) is 13.4. The number of hydrogen-bond acceptors (Lipinski definition) is 3. The Balaban J connectivity index is 1.75. The molecule has 6 heteroatoms. The van der Waals surface area contributed by atoms with Crippen LogP contribution in [-0.2, 0) is 9.59 Å². The molecule has 0 bridgehead atoms. The third kappa shape index (κ3) is 2.81. The molecule has 23 heavy (non-hydrogen) atoms. The molecule has 2 atom stereocenters. The van der Waals surface area contributed by atoms with Gasteiger partial charge < -0.3 is 15.1 Å². The fourth-order valence-electron chi connectivity index (χ4n) is 3.16. The maximum absolute atomic E-state index is 12.5. The zero-order valence-electron chi connectivity index (χ0n) is 13.4. The van der Waals surface area contributed by atoms with Gasteiger partial charge in [0.05, 0.1) is 6.54 Å². The van der Waals surface area contributed by atoms with Gasteiger partial charge in [-0.3, -0.25) is 14.4 Å². The summed E-state index contributed by atoms with van der Waals surface area (Å²) in [5, 5.41) is 2.80. The molecule has 2 saturated heterocycles. The van der Waals surface area contributed by atoms with Crippen LogP contribution in [0.25, 0.3) is 0 Å². The highest BCUT2D eigenvalue weighted by Gasteiger charge is 2.45. The Morgan fingerprint density at radius 3 is 2.52 bits per heavy atom. The Labute approximate surface area is 135 Å². The standard InChI is InChI=1S/C17H21N3O3/c1-11(2)14-17(23)20-9-8-19(10-13(20)15(21)18-14)16(22)12-6-4-3-5-7-12/h3-7,11,13-14H,8-10H2,1-2H3,(H,18,21). The number of nitrogens with zero attached hydrogens (tertiary/aromatic N) is 2. The van der Waals surface area contributed by atoms with E-state index in [-0.39, 0.29) is 30.2 Å². The maximum Gasteiger partial charge on any atom is 0.253 e. The summed E-state index contributed by atoms with van der Waals surface area (Å²) in [4.78, 5) is 40.7. The van der Waals surface area contributed by atoms with E-state index in [1.54, 1.807) is 21.9 Å². The molecule has 2 aliphatic heterocycles. The Morgan fingerprint density at radius 2 is 1.87 bits per heavy atom. The fraction of sp³-hybridized carbons (Fsp3) is 0.471. The van der Waals surface area contributed by atoms with Gasteiger partial charge in [0.25, 0.3) is 5.91 Å². The minimum atomic E-state index is -0.584. The molecule has 1 N–H and O–H groups in total. The van der Waals surface area contributed by atoms with Crippen molar-refractivity contribution in [2.75, 3.05) is 19.6 Å². The van der Waals surface area contributed by atoms with Crippen LogP contribution in [0.5, 0.6) is 0 Å². The number of amides is 3. The van der Waals surface area contributed by atoms with Crippen LogP contribution in [0, 0.1) is 5.92 Å². The third-order valence-electron chi connectivity index (χ3n) is 4.50. The first-order valence-corrected chi connectivity index (χ1v) is 7.94. The predicted octanol–water partition coefficient (Wildman–Crippen LogP) is 0.494. The van der Waals surface area contributed by atoms with Crippen molar-refractivity contribution in [3.63, 3.8) is 0 Å². The second-order valence-corrected chi connectivity index (χ2v) is 6.39. The van der Waals surface area contributed by atoms with E-state index in [1.165, 1.54) is 0 Å². The van der Waals surface area contributed by atoms with Crippen molar-refractivity contribution < 1.29 is 14.4 Å². The molecule has 122 valence electrons. The van der Waals surface area contributed by atoms with E-state index in [0.717, 1.165) is 0 Å². The molecule has 2 unspecified atom stereocenters. The molecule has 1 aromatic rings. The van der Waals surface area contributed by atoms with Crippen molar-refractivity contribution in [2.45, 2.75) is 25.9 Å². The number of carbonyl (C=O) groups is 3. The Bertz CT molecular complexity index is 629. The first kappa shape index (κ1) is 15.5. The molecule has 3 amide bonds. The Morgan fingerprint density at radius 1 is 1.17 bits per heavy atom. The topological polar surface area (TPSA) is 69.7 Å². The number of rotatable bonds is 2. The quantitative estimate of drug-likeness (QED) is 0.864. The summed E-state index contributed by atoms with van der Waals surface area (Å²) >= 11 is 0. The SMILES string of the molecule is CC(C)C1NC(=O)C2CN(C(=O)c3ccccc3)CCN2C1=O. The van der Waals surface area contributed by atoms with E-state index in [0.29, 0.717) is 18.7 Å². The number of fused-ring (bicyclic) bond motifs is 1. The van der Waals surface area contributed by atoms with Crippen LogP contribution in [-0.4, -0.2) is 59.2 Å². The molecule has 0 radical (unpaired) electrons. The molecule has 1 aromatic carbocycles. The molecular formula is C17H21N3O3. The van der Waals surface area contributed by atoms with Crippen molar-refractivity contribution in [2.24, 2.45) is 5.92 Å². The van der Waals surface area contributed by atoms with E-state index in [9.17, 15) is 14.4 Å². The Hall–Kier alpha value is -2.37. The zero-order chi connectivity index (χ0) is 16.6. The summed E-state index contributed by atoms with van der Waals surface area (Å²) in [5.74, 6) is -0.266. The second-order valence-electron chi connectivity index (χ2n) is 6.39. The van der Waals surface area contributed by atoms with Crippen LogP contribution >= 0.6 is 0 Å². The largest absolute Gasteiger partial charge is 0.342 e. The predicted molar refractivity (Wildman–Crippen MR) is 84.6 cm³/mol. The smallest absolute Gasteiger partial charge is 0.253 e. The lowest BCUT2D eigenvalue weighted by molar-refractivity contribution is -0.153. The van der Waals surface area contributed by atoms with E-state index < -0.39 is 12.1 Å². The average Bonchev–Trinajstić information content (AvgIpc) is 2.57. The lowest BCUT2D eigenvalue weighted by Crippen LogP contribution is -2.70. The van der Waals surface area contributed by atoms with E-state index in [4.69, 9.17) is 0 Å². The summed E-state index contributed by atoms with van der Waals surface area (Å²) < 4.78 is 0. The van der Waals surface area contributed by atoms with Crippen molar-refractivity contribution >= 4 is 17.7 Å². The number of piperazine rings is 2. The number of benzene rings is 1. The van der Waals surface area contributed by atoms with Gasteiger partial charge in [0.15, 0.2) is 0 Å². The molecule has 6 nitrogen and oxygen atoms in total. The number of carbonyl (C=O) groups excluding carboxylic acids is 3. The normalized spacial score (nSPS) is 24.5. The van der Waals surface area contributed by atoms with Crippen LogP contribution in [0.4, 0.5) is 0 Å². The van der Waals surface area contributed by atoms with Gasteiger partial charge in [0.1, 0.15) is 12.1 Å². The van der Waals surface area contributed by atoms with Gasteiger partial charge in [-0.05, 0) is 18.1 Å². The van der Waals surface area contributed by atoms with Crippen molar-refractivity contribution in [1.82, 2.24) is 15.1 Å². The maximum atomic E-state index is 12.5. The monoisotopic (exact) mass is 315 g/mol. The number of hydrogen-bond donors (Lipinski definition) is 1. The highest BCUT2D eigenvalue weighted by atomic mass is 16.2.